The molecule has 1 atom stereocenters. The predicted molar refractivity (Wildman–Crippen MR) is 51.9 cm³/mol. The van der Waals surface area contributed by atoms with E-state index in [4.69, 9.17) is 5.73 Å². The number of rotatable bonds is 2. The van der Waals surface area contributed by atoms with Crippen molar-refractivity contribution >= 4 is 5.82 Å². The minimum atomic E-state index is -0.322. The smallest absolute Gasteiger partial charge is 0.141 e. The number of nitrogens with two attached hydrogens (primary N) is 1. The second kappa shape index (κ2) is 3.73. The molecule has 0 bridgehead atoms. The third-order valence-corrected chi connectivity index (χ3v) is 2.41. The molecule has 0 fully saturated rings. The van der Waals surface area contributed by atoms with Gasteiger partial charge in [-0.3, -0.25) is 0 Å². The van der Waals surface area contributed by atoms with E-state index in [0.29, 0.717) is 11.7 Å². The first-order valence-corrected chi connectivity index (χ1v) is 4.43. The van der Waals surface area contributed by atoms with Crippen molar-refractivity contribution in [3.63, 3.8) is 0 Å². The quantitative estimate of drug-likeness (QED) is 0.763. The van der Waals surface area contributed by atoms with Gasteiger partial charge in [-0.15, -0.1) is 0 Å². The number of aromatic nitrogens is 1. The summed E-state index contributed by atoms with van der Waals surface area (Å²) in [7, 11) is 0. The van der Waals surface area contributed by atoms with Crippen molar-refractivity contribution in [3.05, 3.63) is 23.6 Å². The zero-order valence-electron chi connectivity index (χ0n) is 8.21. The second-order valence-electron chi connectivity index (χ2n) is 3.66. The predicted octanol–water partition coefficient (Wildman–Crippen LogP) is 2.56. The summed E-state index contributed by atoms with van der Waals surface area (Å²) in [6.45, 7) is 6.18. The number of nitrogens with zero attached hydrogens (tertiary/aromatic N) is 1. The lowest BCUT2D eigenvalue weighted by atomic mass is 9.91. The molecule has 0 saturated heterocycles. The molecule has 0 aliphatic carbocycles. The molecule has 0 aliphatic heterocycles. The molecule has 0 amide bonds. The van der Waals surface area contributed by atoms with Crippen LogP contribution >= 0.6 is 0 Å². The summed E-state index contributed by atoms with van der Waals surface area (Å²) in [6.07, 6.45) is 1.14. The Morgan fingerprint density at radius 3 is 2.54 bits per heavy atom. The van der Waals surface area contributed by atoms with E-state index < -0.39 is 0 Å². The molecular weight excluding hydrogens is 167 g/mol. The molecule has 1 aromatic heterocycles. The van der Waals surface area contributed by atoms with Gasteiger partial charge in [0.05, 0.1) is 6.20 Å². The van der Waals surface area contributed by atoms with Gasteiger partial charge < -0.3 is 5.73 Å². The van der Waals surface area contributed by atoms with E-state index in [1.807, 2.05) is 6.92 Å². The van der Waals surface area contributed by atoms with Crippen molar-refractivity contribution in [1.29, 1.82) is 0 Å². The average Bonchev–Trinajstić information content (AvgIpc) is 2.08. The van der Waals surface area contributed by atoms with Crippen molar-refractivity contribution in [2.24, 2.45) is 5.92 Å². The number of anilines is 1. The first-order chi connectivity index (χ1) is 6.02. The van der Waals surface area contributed by atoms with E-state index >= 15 is 0 Å². The molecule has 2 N–H and O–H groups in total. The molecule has 0 aliphatic rings. The zero-order chi connectivity index (χ0) is 10.0. The van der Waals surface area contributed by atoms with Gasteiger partial charge in [0.25, 0.3) is 0 Å². The molecule has 3 heteroatoms. The lowest BCUT2D eigenvalue weighted by Crippen LogP contribution is -2.07. The summed E-state index contributed by atoms with van der Waals surface area (Å²) >= 11 is 0. The number of pyridine rings is 1. The Morgan fingerprint density at radius 1 is 1.38 bits per heavy atom. The molecule has 2 nitrogen and oxygen atoms in total. The Morgan fingerprint density at radius 2 is 2.00 bits per heavy atom. The summed E-state index contributed by atoms with van der Waals surface area (Å²) in [5, 5.41) is 0. The van der Waals surface area contributed by atoms with Crippen LogP contribution in [0.5, 0.6) is 0 Å². The fourth-order valence-corrected chi connectivity index (χ4v) is 1.19. The SMILES string of the molecule is CC(C)C(C)c1cc(F)cnc1N. The Hall–Kier alpha value is -1.12. The molecule has 0 radical (unpaired) electrons. The summed E-state index contributed by atoms with van der Waals surface area (Å²) in [6, 6.07) is 1.47. The third kappa shape index (κ3) is 2.17. The number of hydrogen-bond acceptors (Lipinski definition) is 2. The van der Waals surface area contributed by atoms with Crippen LogP contribution in [0, 0.1) is 11.7 Å². The molecule has 1 aromatic rings. The van der Waals surface area contributed by atoms with Gasteiger partial charge in [0.15, 0.2) is 0 Å². The van der Waals surface area contributed by atoms with Gasteiger partial charge in [0.2, 0.25) is 0 Å². The monoisotopic (exact) mass is 182 g/mol. The van der Waals surface area contributed by atoms with E-state index in [1.165, 1.54) is 6.07 Å². The molecule has 0 spiro atoms. The maximum atomic E-state index is 12.9. The number of hydrogen-bond donors (Lipinski definition) is 1. The standard InChI is InChI=1S/C10H15FN2/c1-6(2)7(3)9-4-8(11)5-13-10(9)12/h4-7H,1-3H3,(H2,12,13). The summed E-state index contributed by atoms with van der Waals surface area (Å²) in [4.78, 5) is 3.78. The summed E-state index contributed by atoms with van der Waals surface area (Å²) in [5.41, 5.74) is 6.45. The van der Waals surface area contributed by atoms with E-state index in [1.54, 1.807) is 0 Å². The average molecular weight is 182 g/mol. The van der Waals surface area contributed by atoms with Gasteiger partial charge in [-0.2, -0.15) is 0 Å². The highest BCUT2D eigenvalue weighted by atomic mass is 19.1. The highest BCUT2D eigenvalue weighted by Gasteiger charge is 2.14. The molecule has 0 saturated carbocycles. The lowest BCUT2D eigenvalue weighted by molar-refractivity contribution is 0.529. The van der Waals surface area contributed by atoms with Gasteiger partial charge in [0.1, 0.15) is 11.6 Å². The minimum Gasteiger partial charge on any atom is -0.383 e. The third-order valence-electron chi connectivity index (χ3n) is 2.41. The molecule has 1 unspecified atom stereocenters. The van der Waals surface area contributed by atoms with Crippen LogP contribution in [0.25, 0.3) is 0 Å². The Bertz CT molecular complexity index is 297. The van der Waals surface area contributed by atoms with Gasteiger partial charge >= 0.3 is 0 Å². The van der Waals surface area contributed by atoms with Crippen LogP contribution in [-0.4, -0.2) is 4.98 Å². The maximum Gasteiger partial charge on any atom is 0.141 e. The Balaban J connectivity index is 3.05. The fraction of sp³-hybridized carbons (Fsp3) is 0.500. The normalized spacial score (nSPS) is 13.3. The van der Waals surface area contributed by atoms with Gasteiger partial charge in [-0.25, -0.2) is 9.37 Å². The topological polar surface area (TPSA) is 38.9 Å². The van der Waals surface area contributed by atoms with E-state index in [0.717, 1.165) is 11.8 Å². The molecule has 13 heavy (non-hydrogen) atoms. The highest BCUT2D eigenvalue weighted by molar-refractivity contribution is 5.41. The molecule has 1 heterocycles. The van der Waals surface area contributed by atoms with Crippen LogP contribution in [0.3, 0.4) is 0 Å². The molecule has 72 valence electrons. The summed E-state index contributed by atoms with van der Waals surface area (Å²) < 4.78 is 12.9. The fourth-order valence-electron chi connectivity index (χ4n) is 1.19. The van der Waals surface area contributed by atoms with E-state index in [-0.39, 0.29) is 11.7 Å². The van der Waals surface area contributed by atoms with Crippen molar-refractivity contribution in [1.82, 2.24) is 4.98 Å². The van der Waals surface area contributed by atoms with Crippen molar-refractivity contribution in [2.75, 3.05) is 5.73 Å². The van der Waals surface area contributed by atoms with Crippen molar-refractivity contribution in [2.45, 2.75) is 26.7 Å². The van der Waals surface area contributed by atoms with E-state index in [9.17, 15) is 4.39 Å². The first kappa shape index (κ1) is 9.96. The van der Waals surface area contributed by atoms with Gasteiger partial charge in [0, 0.05) is 5.56 Å². The summed E-state index contributed by atoms with van der Waals surface area (Å²) in [5.74, 6) is 0.786. The first-order valence-electron chi connectivity index (χ1n) is 4.43. The number of halogens is 1. The van der Waals surface area contributed by atoms with Crippen LogP contribution < -0.4 is 5.73 Å². The van der Waals surface area contributed by atoms with Crippen LogP contribution in [0.2, 0.25) is 0 Å². The Kier molecular flexibility index (Phi) is 2.86. The van der Waals surface area contributed by atoms with Gasteiger partial charge in [-0.05, 0) is 17.9 Å². The van der Waals surface area contributed by atoms with Crippen LogP contribution in [0.15, 0.2) is 12.3 Å². The van der Waals surface area contributed by atoms with E-state index in [2.05, 4.69) is 18.8 Å². The molecule has 1 rings (SSSR count). The van der Waals surface area contributed by atoms with Gasteiger partial charge in [-0.1, -0.05) is 20.8 Å². The molecule has 0 aromatic carbocycles. The zero-order valence-corrected chi connectivity index (χ0v) is 8.21. The van der Waals surface area contributed by atoms with Crippen LogP contribution in [0.1, 0.15) is 32.3 Å². The second-order valence-corrected chi connectivity index (χ2v) is 3.66. The molecular formula is C10H15FN2. The Labute approximate surface area is 78.0 Å². The van der Waals surface area contributed by atoms with Crippen molar-refractivity contribution < 1.29 is 4.39 Å². The van der Waals surface area contributed by atoms with Crippen LogP contribution in [0.4, 0.5) is 10.2 Å². The van der Waals surface area contributed by atoms with Crippen molar-refractivity contribution in [3.8, 4) is 0 Å². The number of nitrogen functional groups attached to an aromatic ring is 1. The largest absolute Gasteiger partial charge is 0.383 e. The maximum absolute atomic E-state index is 12.9. The minimum absolute atomic E-state index is 0.239. The van der Waals surface area contributed by atoms with Crippen LogP contribution in [-0.2, 0) is 0 Å². The lowest BCUT2D eigenvalue weighted by Gasteiger charge is -2.17. The highest BCUT2D eigenvalue weighted by Crippen LogP contribution is 2.27.